The van der Waals surface area contributed by atoms with Crippen LogP contribution in [-0.4, -0.2) is 33.0 Å². The fourth-order valence-corrected chi connectivity index (χ4v) is 3.88. The second-order valence-electron chi connectivity index (χ2n) is 6.91. The highest BCUT2D eigenvalue weighted by atomic mass is 32.2. The minimum Gasteiger partial charge on any atom is -0.348 e. The Morgan fingerprint density at radius 3 is 2.54 bits per heavy atom. The Balaban J connectivity index is 2.19. The second-order valence-corrected chi connectivity index (χ2v) is 8.62. The molecule has 4 N–H and O–H groups in total. The molecule has 1 atom stereocenters. The van der Waals surface area contributed by atoms with E-state index >= 15 is 0 Å². The third-order valence-corrected chi connectivity index (χ3v) is 5.56. The van der Waals surface area contributed by atoms with Crippen molar-refractivity contribution in [2.24, 2.45) is 11.7 Å². The molecular weight excluding hydrogens is 326 g/mol. The van der Waals surface area contributed by atoms with Crippen LogP contribution in [0.5, 0.6) is 0 Å². The van der Waals surface area contributed by atoms with Crippen molar-refractivity contribution in [3.8, 4) is 0 Å². The first-order valence-electron chi connectivity index (χ1n) is 8.37. The van der Waals surface area contributed by atoms with Crippen LogP contribution in [0.1, 0.15) is 49.0 Å². The number of nitrogens with one attached hydrogen (secondary N) is 2. The van der Waals surface area contributed by atoms with Crippen molar-refractivity contribution >= 4 is 15.9 Å². The molecule has 1 aliphatic carbocycles. The number of sulfonamides is 1. The molecule has 0 spiro atoms. The third-order valence-electron chi connectivity index (χ3n) is 4.04. The number of carbonyl (C=O) groups excluding carboxylic acids is 1. The van der Waals surface area contributed by atoms with Crippen LogP contribution in [0, 0.1) is 12.8 Å². The highest BCUT2D eigenvalue weighted by Crippen LogP contribution is 2.23. The molecule has 0 radical (unpaired) electrons. The van der Waals surface area contributed by atoms with Crippen molar-refractivity contribution in [3.63, 3.8) is 0 Å². The first-order valence-corrected chi connectivity index (χ1v) is 9.85. The van der Waals surface area contributed by atoms with Gasteiger partial charge >= 0.3 is 0 Å². The van der Waals surface area contributed by atoms with E-state index in [0.717, 1.165) is 24.8 Å². The molecule has 6 nitrogen and oxygen atoms in total. The lowest BCUT2D eigenvalue weighted by atomic mass is 10.0. The molecular formula is C17H27N3O3S. The van der Waals surface area contributed by atoms with Crippen molar-refractivity contribution in [2.75, 3.05) is 6.54 Å². The summed E-state index contributed by atoms with van der Waals surface area (Å²) < 4.78 is 27.3. The monoisotopic (exact) mass is 353 g/mol. The van der Waals surface area contributed by atoms with Crippen molar-refractivity contribution in [1.82, 2.24) is 10.0 Å². The summed E-state index contributed by atoms with van der Waals surface area (Å²) in [5.74, 6) is 0.126. The largest absolute Gasteiger partial charge is 0.348 e. The molecule has 0 heterocycles. The quantitative estimate of drug-likeness (QED) is 0.660. The van der Waals surface area contributed by atoms with E-state index in [1.807, 2.05) is 0 Å². The highest BCUT2D eigenvalue weighted by Gasteiger charge is 2.28. The molecule has 1 saturated carbocycles. The lowest BCUT2D eigenvalue weighted by molar-refractivity contribution is 0.0933. The van der Waals surface area contributed by atoms with Crippen LogP contribution >= 0.6 is 0 Å². The number of benzene rings is 1. The van der Waals surface area contributed by atoms with Crippen LogP contribution < -0.4 is 15.8 Å². The lowest BCUT2D eigenvalue weighted by Crippen LogP contribution is -2.41. The van der Waals surface area contributed by atoms with Gasteiger partial charge in [0.2, 0.25) is 10.0 Å². The number of rotatable bonds is 8. The van der Waals surface area contributed by atoms with Crippen molar-refractivity contribution in [2.45, 2.75) is 57.0 Å². The standard InChI is InChI=1S/C17H27N3O3S/c1-11(2)8-14(10-18)19-17(21)16-9-15(7-4-12(16)3)24(22,23)20-13-5-6-13/h4,7,9,11,13-14,20H,5-6,8,10,18H2,1-3H3,(H,19,21). The molecule has 1 fully saturated rings. The van der Waals surface area contributed by atoms with Crippen molar-refractivity contribution < 1.29 is 13.2 Å². The molecule has 134 valence electrons. The van der Waals surface area contributed by atoms with Gasteiger partial charge in [0.05, 0.1) is 4.90 Å². The Hall–Kier alpha value is -1.44. The number of hydrogen-bond donors (Lipinski definition) is 3. The van der Waals surface area contributed by atoms with Gasteiger partial charge in [-0.3, -0.25) is 4.79 Å². The maximum absolute atomic E-state index is 12.5. The number of hydrogen-bond acceptors (Lipinski definition) is 4. The highest BCUT2D eigenvalue weighted by molar-refractivity contribution is 7.89. The fourth-order valence-electron chi connectivity index (χ4n) is 2.55. The SMILES string of the molecule is Cc1ccc(S(=O)(=O)NC2CC2)cc1C(=O)NC(CN)CC(C)C. The van der Waals surface area contributed by atoms with E-state index in [1.165, 1.54) is 12.1 Å². The van der Waals surface area contributed by atoms with E-state index in [2.05, 4.69) is 23.9 Å². The Kier molecular flexibility index (Phi) is 6.01. The molecule has 1 amide bonds. The summed E-state index contributed by atoms with van der Waals surface area (Å²) in [7, 11) is -3.58. The fraction of sp³-hybridized carbons (Fsp3) is 0.588. The van der Waals surface area contributed by atoms with E-state index in [0.29, 0.717) is 18.0 Å². The number of amides is 1. The summed E-state index contributed by atoms with van der Waals surface area (Å²) in [5, 5.41) is 2.91. The topological polar surface area (TPSA) is 101 Å². The molecule has 1 aliphatic rings. The number of nitrogens with two attached hydrogens (primary N) is 1. The van der Waals surface area contributed by atoms with Crippen LogP contribution in [0.4, 0.5) is 0 Å². The van der Waals surface area contributed by atoms with Crippen LogP contribution in [-0.2, 0) is 10.0 Å². The molecule has 2 rings (SSSR count). The molecule has 1 aromatic rings. The minimum absolute atomic E-state index is 0.0289. The lowest BCUT2D eigenvalue weighted by Gasteiger charge is -2.19. The summed E-state index contributed by atoms with van der Waals surface area (Å²) in [5.41, 5.74) is 6.83. The zero-order valence-electron chi connectivity index (χ0n) is 14.5. The van der Waals surface area contributed by atoms with E-state index in [1.54, 1.807) is 13.0 Å². The minimum atomic E-state index is -3.58. The summed E-state index contributed by atoms with van der Waals surface area (Å²) in [6, 6.07) is 4.54. The van der Waals surface area contributed by atoms with Crippen LogP contribution in [0.2, 0.25) is 0 Å². The summed E-state index contributed by atoms with van der Waals surface area (Å²) in [6.07, 6.45) is 2.51. The first kappa shape index (κ1) is 18.9. The summed E-state index contributed by atoms with van der Waals surface area (Å²) >= 11 is 0. The molecule has 24 heavy (non-hydrogen) atoms. The van der Waals surface area contributed by atoms with E-state index in [9.17, 15) is 13.2 Å². The summed E-state index contributed by atoms with van der Waals surface area (Å²) in [4.78, 5) is 12.7. The molecule has 0 aromatic heterocycles. The van der Waals surface area contributed by atoms with Gasteiger partial charge in [0.25, 0.3) is 5.91 Å². The average molecular weight is 353 g/mol. The first-order chi connectivity index (χ1) is 11.2. The Morgan fingerprint density at radius 1 is 1.33 bits per heavy atom. The Bertz CT molecular complexity index is 697. The van der Waals surface area contributed by atoms with Crippen LogP contribution in [0.25, 0.3) is 0 Å². The van der Waals surface area contributed by atoms with E-state index in [4.69, 9.17) is 5.73 Å². The normalized spacial score (nSPS) is 16.2. The zero-order chi connectivity index (χ0) is 17.9. The number of aryl methyl sites for hydroxylation is 1. The van der Waals surface area contributed by atoms with Gasteiger partial charge in [-0.1, -0.05) is 19.9 Å². The number of carbonyl (C=O) groups is 1. The molecule has 1 aromatic carbocycles. The molecule has 0 bridgehead atoms. The Morgan fingerprint density at radius 2 is 2.00 bits per heavy atom. The van der Waals surface area contributed by atoms with Crippen LogP contribution in [0.3, 0.4) is 0 Å². The smallest absolute Gasteiger partial charge is 0.251 e. The van der Waals surface area contributed by atoms with Gasteiger partial charge in [-0.25, -0.2) is 13.1 Å². The second kappa shape index (κ2) is 7.63. The Labute approximate surface area is 144 Å². The summed E-state index contributed by atoms with van der Waals surface area (Å²) in [6.45, 7) is 6.28. The van der Waals surface area contributed by atoms with Gasteiger partial charge in [-0.15, -0.1) is 0 Å². The molecule has 1 unspecified atom stereocenters. The molecule has 0 saturated heterocycles. The van der Waals surface area contributed by atoms with E-state index < -0.39 is 10.0 Å². The maximum Gasteiger partial charge on any atom is 0.251 e. The van der Waals surface area contributed by atoms with Gasteiger partial charge in [0.1, 0.15) is 0 Å². The van der Waals surface area contributed by atoms with E-state index in [-0.39, 0.29) is 22.9 Å². The van der Waals surface area contributed by atoms with Gasteiger partial charge in [0, 0.05) is 24.2 Å². The maximum atomic E-state index is 12.5. The molecule has 0 aliphatic heterocycles. The predicted molar refractivity (Wildman–Crippen MR) is 94.3 cm³/mol. The molecule has 7 heteroatoms. The van der Waals surface area contributed by atoms with Crippen LogP contribution in [0.15, 0.2) is 23.1 Å². The van der Waals surface area contributed by atoms with Gasteiger partial charge in [0.15, 0.2) is 0 Å². The average Bonchev–Trinajstić information content (AvgIpc) is 3.29. The van der Waals surface area contributed by atoms with Gasteiger partial charge in [-0.2, -0.15) is 0 Å². The van der Waals surface area contributed by atoms with Crippen molar-refractivity contribution in [1.29, 1.82) is 0 Å². The van der Waals surface area contributed by atoms with Crippen molar-refractivity contribution in [3.05, 3.63) is 29.3 Å². The van der Waals surface area contributed by atoms with Gasteiger partial charge in [-0.05, 0) is 49.8 Å². The zero-order valence-corrected chi connectivity index (χ0v) is 15.3. The predicted octanol–water partition coefficient (Wildman–Crippen LogP) is 1.54. The van der Waals surface area contributed by atoms with Gasteiger partial charge < -0.3 is 11.1 Å². The third kappa shape index (κ3) is 5.03.